The number of fused-ring (bicyclic) bond motifs is 3. The number of piperidine rings is 3. The predicted molar refractivity (Wildman–Crippen MR) is 126 cm³/mol. The van der Waals surface area contributed by atoms with Crippen molar-refractivity contribution in [3.8, 4) is 5.75 Å². The molecule has 0 saturated carbocycles. The second-order valence-corrected chi connectivity index (χ2v) is 8.92. The van der Waals surface area contributed by atoms with Gasteiger partial charge in [0.25, 0.3) is 0 Å². The van der Waals surface area contributed by atoms with E-state index in [-0.39, 0.29) is 0 Å². The second kappa shape index (κ2) is 9.25. The molecule has 3 aromatic carbocycles. The molecule has 160 valence electrons. The van der Waals surface area contributed by atoms with Gasteiger partial charge in [-0.2, -0.15) is 0 Å². The highest BCUT2D eigenvalue weighted by atomic mass is 16.5. The van der Waals surface area contributed by atoms with Gasteiger partial charge in [0.1, 0.15) is 5.75 Å². The van der Waals surface area contributed by atoms with Gasteiger partial charge in [0.15, 0.2) is 0 Å². The van der Waals surface area contributed by atoms with Crippen LogP contribution in [0, 0.1) is 5.92 Å². The molecule has 2 bridgehead atoms. The van der Waals surface area contributed by atoms with Crippen molar-refractivity contribution in [2.24, 2.45) is 5.92 Å². The highest BCUT2D eigenvalue weighted by Gasteiger charge is 2.46. The molecular weight excluding hydrogens is 380 g/mol. The fourth-order valence-corrected chi connectivity index (χ4v) is 5.71. The summed E-state index contributed by atoms with van der Waals surface area (Å²) >= 11 is 0. The smallest absolute Gasteiger partial charge is 0.119 e. The molecule has 3 nitrogen and oxygen atoms in total. The van der Waals surface area contributed by atoms with Crippen LogP contribution in [-0.4, -0.2) is 37.2 Å². The first-order chi connectivity index (χ1) is 15.3. The molecule has 31 heavy (non-hydrogen) atoms. The number of nitrogens with one attached hydrogen (secondary N) is 1. The quantitative estimate of drug-likeness (QED) is 0.586. The van der Waals surface area contributed by atoms with E-state index >= 15 is 0 Å². The van der Waals surface area contributed by atoms with Crippen molar-refractivity contribution in [3.05, 3.63) is 102 Å². The minimum Gasteiger partial charge on any atom is -0.497 e. The van der Waals surface area contributed by atoms with Crippen molar-refractivity contribution in [2.45, 2.75) is 37.4 Å². The van der Waals surface area contributed by atoms with Gasteiger partial charge in [0.2, 0.25) is 0 Å². The van der Waals surface area contributed by atoms with Gasteiger partial charge in [0, 0.05) is 24.5 Å². The van der Waals surface area contributed by atoms with Crippen LogP contribution in [0.5, 0.6) is 5.75 Å². The van der Waals surface area contributed by atoms with Crippen LogP contribution in [0.3, 0.4) is 0 Å². The van der Waals surface area contributed by atoms with E-state index in [0.29, 0.717) is 18.0 Å². The van der Waals surface area contributed by atoms with Crippen LogP contribution in [0.25, 0.3) is 0 Å². The topological polar surface area (TPSA) is 24.5 Å². The zero-order chi connectivity index (χ0) is 21.0. The highest BCUT2D eigenvalue weighted by Crippen LogP contribution is 2.42. The molecule has 3 heterocycles. The van der Waals surface area contributed by atoms with Crippen molar-refractivity contribution in [1.82, 2.24) is 10.2 Å². The van der Waals surface area contributed by atoms with Crippen molar-refractivity contribution in [3.63, 3.8) is 0 Å². The van der Waals surface area contributed by atoms with Gasteiger partial charge >= 0.3 is 0 Å². The number of rotatable bonds is 7. The summed E-state index contributed by atoms with van der Waals surface area (Å²) in [5, 5.41) is 3.99. The number of ether oxygens (including phenoxy) is 1. The molecule has 0 aliphatic carbocycles. The summed E-state index contributed by atoms with van der Waals surface area (Å²) in [5.41, 5.74) is 4.12. The standard InChI is InChI=1S/C28H32N2O/c1-31-25-14-8-9-21(19-25)20-29-27-24-15-17-30(18-16-24)28(27)26(22-10-4-2-5-11-22)23-12-6-3-7-13-23/h2-14,19,24,26-29H,15-18,20H2,1H3/t27-,28+/m0/s1. The molecule has 3 saturated heterocycles. The third-order valence-corrected chi connectivity index (χ3v) is 7.21. The van der Waals surface area contributed by atoms with Gasteiger partial charge in [-0.15, -0.1) is 0 Å². The largest absolute Gasteiger partial charge is 0.497 e. The summed E-state index contributed by atoms with van der Waals surface area (Å²) in [6.45, 7) is 3.30. The van der Waals surface area contributed by atoms with Gasteiger partial charge in [-0.1, -0.05) is 72.8 Å². The average molecular weight is 413 g/mol. The fraction of sp³-hybridized carbons (Fsp3) is 0.357. The average Bonchev–Trinajstić information content (AvgIpc) is 2.85. The molecule has 3 heteroatoms. The van der Waals surface area contributed by atoms with Crippen molar-refractivity contribution >= 4 is 0 Å². The molecule has 0 spiro atoms. The summed E-state index contributed by atoms with van der Waals surface area (Å²) in [4.78, 5) is 2.74. The lowest BCUT2D eigenvalue weighted by Crippen LogP contribution is -2.64. The van der Waals surface area contributed by atoms with Gasteiger partial charge in [-0.25, -0.2) is 0 Å². The van der Waals surface area contributed by atoms with Crippen LogP contribution >= 0.6 is 0 Å². The van der Waals surface area contributed by atoms with Crippen LogP contribution in [0.1, 0.15) is 35.4 Å². The third-order valence-electron chi connectivity index (χ3n) is 7.21. The molecule has 0 unspecified atom stereocenters. The van der Waals surface area contributed by atoms with Crippen molar-refractivity contribution in [2.75, 3.05) is 20.2 Å². The molecule has 3 aromatic rings. The molecular formula is C28H32N2O. The Morgan fingerprint density at radius 2 is 1.52 bits per heavy atom. The molecule has 3 aliphatic heterocycles. The molecule has 0 radical (unpaired) electrons. The van der Waals surface area contributed by atoms with Crippen LogP contribution in [-0.2, 0) is 6.54 Å². The predicted octanol–water partition coefficient (Wildman–Crippen LogP) is 5.08. The van der Waals surface area contributed by atoms with Crippen molar-refractivity contribution in [1.29, 1.82) is 0 Å². The van der Waals surface area contributed by atoms with E-state index in [1.54, 1.807) is 7.11 Å². The minimum atomic E-state index is 0.369. The van der Waals surface area contributed by atoms with Crippen molar-refractivity contribution < 1.29 is 4.74 Å². The Morgan fingerprint density at radius 1 is 0.871 bits per heavy atom. The van der Waals surface area contributed by atoms with E-state index in [4.69, 9.17) is 4.74 Å². The normalized spacial score (nSPS) is 25.0. The lowest BCUT2D eigenvalue weighted by molar-refractivity contribution is 0.00468. The summed E-state index contributed by atoms with van der Waals surface area (Å²) < 4.78 is 5.44. The highest BCUT2D eigenvalue weighted by molar-refractivity contribution is 5.36. The van der Waals surface area contributed by atoms with E-state index in [2.05, 4.69) is 89.1 Å². The van der Waals surface area contributed by atoms with Crippen LogP contribution < -0.4 is 10.1 Å². The Kier molecular flexibility index (Phi) is 6.06. The number of hydrogen-bond acceptors (Lipinski definition) is 3. The molecule has 3 aliphatic rings. The molecule has 6 rings (SSSR count). The SMILES string of the molecule is COc1cccc(CN[C@H]2C3CCN(CC3)[C@@H]2C(c2ccccc2)c2ccccc2)c1. The van der Waals surface area contributed by atoms with Crippen LogP contribution in [0.15, 0.2) is 84.9 Å². The molecule has 0 aromatic heterocycles. The molecule has 1 N–H and O–H groups in total. The first kappa shape index (κ1) is 20.3. The maximum Gasteiger partial charge on any atom is 0.119 e. The minimum absolute atomic E-state index is 0.369. The van der Waals surface area contributed by atoms with E-state index in [0.717, 1.165) is 18.2 Å². The Bertz CT molecular complexity index is 927. The summed E-state index contributed by atoms with van der Waals surface area (Å²) in [6, 6.07) is 31.6. The van der Waals surface area contributed by atoms with Gasteiger partial charge in [-0.3, -0.25) is 4.90 Å². The third kappa shape index (κ3) is 4.26. The molecule has 0 amide bonds. The zero-order valence-electron chi connectivity index (χ0n) is 18.3. The zero-order valence-corrected chi connectivity index (χ0v) is 18.3. The van der Waals surface area contributed by atoms with Gasteiger partial charge in [-0.05, 0) is 60.7 Å². The lowest BCUT2D eigenvalue weighted by atomic mass is 9.70. The Balaban J connectivity index is 1.47. The van der Waals surface area contributed by atoms with E-state index in [9.17, 15) is 0 Å². The first-order valence-electron chi connectivity index (χ1n) is 11.5. The number of methoxy groups -OCH3 is 1. The second-order valence-electron chi connectivity index (χ2n) is 8.92. The first-order valence-corrected chi connectivity index (χ1v) is 11.5. The summed E-state index contributed by atoms with van der Waals surface area (Å²) in [5.74, 6) is 2.03. The van der Waals surface area contributed by atoms with Gasteiger partial charge in [0.05, 0.1) is 7.11 Å². The maximum absolute atomic E-state index is 5.44. The maximum atomic E-state index is 5.44. The fourth-order valence-electron chi connectivity index (χ4n) is 5.71. The van der Waals surface area contributed by atoms with Crippen LogP contribution in [0.2, 0.25) is 0 Å². The lowest BCUT2D eigenvalue weighted by Gasteiger charge is -2.54. The Morgan fingerprint density at radius 3 is 2.13 bits per heavy atom. The van der Waals surface area contributed by atoms with E-state index in [1.165, 1.54) is 42.6 Å². The summed E-state index contributed by atoms with van der Waals surface area (Å²) in [7, 11) is 1.74. The van der Waals surface area contributed by atoms with Gasteiger partial charge < -0.3 is 10.1 Å². The summed E-state index contributed by atoms with van der Waals surface area (Å²) in [6.07, 6.45) is 2.59. The number of nitrogens with zero attached hydrogens (tertiary/aromatic N) is 1. The number of benzene rings is 3. The number of hydrogen-bond donors (Lipinski definition) is 1. The molecule has 2 atom stereocenters. The molecule has 3 fully saturated rings. The Hall–Kier alpha value is -2.62. The van der Waals surface area contributed by atoms with E-state index in [1.807, 2.05) is 6.07 Å². The van der Waals surface area contributed by atoms with Crippen LogP contribution in [0.4, 0.5) is 0 Å². The monoisotopic (exact) mass is 412 g/mol. The Labute approximate surface area is 186 Å². The van der Waals surface area contributed by atoms with E-state index < -0.39 is 0 Å².